The second-order valence-electron chi connectivity index (χ2n) is 8.83. The lowest BCUT2D eigenvalue weighted by Gasteiger charge is -2.45. The Bertz CT molecular complexity index is 603. The molecule has 1 aromatic rings. The van der Waals surface area contributed by atoms with E-state index >= 15 is 0 Å². The third-order valence-corrected chi connectivity index (χ3v) is 5.84. The van der Waals surface area contributed by atoms with E-state index in [0.29, 0.717) is 12.1 Å². The number of rotatable bonds is 8. The summed E-state index contributed by atoms with van der Waals surface area (Å²) in [6.07, 6.45) is 1.16. The average Bonchev–Trinajstić information content (AvgIpc) is 2.64. The van der Waals surface area contributed by atoms with Gasteiger partial charge in [0.25, 0.3) is 0 Å². The highest BCUT2D eigenvalue weighted by molar-refractivity contribution is 5.84. The Hall–Kier alpha value is -1.59. The second-order valence-corrected chi connectivity index (χ2v) is 8.83. The molecule has 1 aliphatic rings. The number of hydrogen-bond donors (Lipinski definition) is 0. The van der Waals surface area contributed by atoms with Gasteiger partial charge in [-0.3, -0.25) is 9.69 Å². The molecule has 0 saturated carbocycles. The fraction of sp³-hybridized carbons (Fsp3) is 0.696. The molecule has 0 N–H and O–H groups in total. The topological polar surface area (TPSA) is 36.0 Å². The molecule has 0 aliphatic carbocycles. The Morgan fingerprint density at radius 1 is 1.14 bits per heavy atom. The molecular formula is C23H39N3O2. The molecule has 0 spiro atoms. The summed E-state index contributed by atoms with van der Waals surface area (Å²) in [5, 5.41) is 0. The van der Waals surface area contributed by atoms with Crippen molar-refractivity contribution in [2.24, 2.45) is 5.92 Å². The van der Waals surface area contributed by atoms with E-state index in [2.05, 4.69) is 56.5 Å². The fourth-order valence-electron chi connectivity index (χ4n) is 4.37. The van der Waals surface area contributed by atoms with Crippen molar-refractivity contribution in [3.63, 3.8) is 0 Å². The van der Waals surface area contributed by atoms with Crippen molar-refractivity contribution in [1.29, 1.82) is 0 Å². The maximum atomic E-state index is 13.5. The molecule has 28 heavy (non-hydrogen) atoms. The monoisotopic (exact) mass is 389 g/mol. The summed E-state index contributed by atoms with van der Waals surface area (Å²) >= 11 is 0. The summed E-state index contributed by atoms with van der Waals surface area (Å²) in [5.74, 6) is 1.23. The molecule has 3 unspecified atom stereocenters. The molecule has 1 heterocycles. The van der Waals surface area contributed by atoms with Crippen LogP contribution in [-0.2, 0) is 4.79 Å². The van der Waals surface area contributed by atoms with Crippen LogP contribution in [0.2, 0.25) is 0 Å². The minimum atomic E-state index is -0.106. The van der Waals surface area contributed by atoms with Gasteiger partial charge in [0.2, 0.25) is 5.91 Å². The molecule has 5 heteroatoms. The number of nitrogens with zero attached hydrogens (tertiary/aromatic N) is 3. The number of amides is 1. The summed E-state index contributed by atoms with van der Waals surface area (Å²) in [4.78, 5) is 20.3. The Kier molecular flexibility index (Phi) is 8.32. The Morgan fingerprint density at radius 2 is 1.71 bits per heavy atom. The number of carbonyl (C=O) groups is 1. The van der Waals surface area contributed by atoms with Gasteiger partial charge < -0.3 is 14.5 Å². The van der Waals surface area contributed by atoms with Gasteiger partial charge in [0.05, 0.1) is 13.0 Å². The van der Waals surface area contributed by atoms with Gasteiger partial charge in [0.1, 0.15) is 5.75 Å². The molecule has 2 rings (SSSR count). The highest BCUT2D eigenvalue weighted by Crippen LogP contribution is 2.30. The van der Waals surface area contributed by atoms with E-state index in [1.807, 2.05) is 24.3 Å². The molecule has 1 saturated heterocycles. The Labute approximate surface area is 171 Å². The van der Waals surface area contributed by atoms with Gasteiger partial charge in [-0.2, -0.15) is 0 Å². The maximum absolute atomic E-state index is 13.5. The molecule has 5 nitrogen and oxygen atoms in total. The maximum Gasteiger partial charge on any atom is 0.230 e. The van der Waals surface area contributed by atoms with Crippen molar-refractivity contribution in [1.82, 2.24) is 14.7 Å². The predicted molar refractivity (Wildman–Crippen MR) is 116 cm³/mol. The molecule has 0 radical (unpaired) electrons. The fourth-order valence-corrected chi connectivity index (χ4v) is 4.37. The van der Waals surface area contributed by atoms with Crippen LogP contribution in [0.3, 0.4) is 0 Å². The average molecular weight is 390 g/mol. The molecule has 0 bridgehead atoms. The minimum absolute atomic E-state index is 0.106. The van der Waals surface area contributed by atoms with Crippen LogP contribution in [0.15, 0.2) is 24.3 Å². The van der Waals surface area contributed by atoms with E-state index in [9.17, 15) is 4.79 Å². The number of ether oxygens (including phenoxy) is 1. The number of methoxy groups -OCH3 is 1. The van der Waals surface area contributed by atoms with E-state index in [1.165, 1.54) is 0 Å². The van der Waals surface area contributed by atoms with Gasteiger partial charge in [-0.05, 0) is 64.5 Å². The largest absolute Gasteiger partial charge is 0.497 e. The zero-order chi connectivity index (χ0) is 20.8. The van der Waals surface area contributed by atoms with Gasteiger partial charge in [-0.25, -0.2) is 0 Å². The summed E-state index contributed by atoms with van der Waals surface area (Å²) in [5.41, 5.74) is 1.08. The van der Waals surface area contributed by atoms with Crippen LogP contribution in [0.1, 0.15) is 45.6 Å². The summed E-state index contributed by atoms with van der Waals surface area (Å²) in [7, 11) is 5.91. The molecule has 1 fully saturated rings. The van der Waals surface area contributed by atoms with Crippen LogP contribution in [0, 0.1) is 5.92 Å². The number of hydrogen-bond acceptors (Lipinski definition) is 4. The van der Waals surface area contributed by atoms with Crippen molar-refractivity contribution in [3.8, 4) is 5.75 Å². The molecule has 0 aromatic heterocycles. The van der Waals surface area contributed by atoms with Crippen molar-refractivity contribution in [2.45, 2.75) is 52.1 Å². The molecular weight excluding hydrogens is 350 g/mol. The lowest BCUT2D eigenvalue weighted by Crippen LogP contribution is -2.59. The SMILES string of the molecule is COc1ccc(C(C(=O)N2CC(C)N(CCCN(C)C)C(C)C2)C(C)C)cc1. The van der Waals surface area contributed by atoms with Crippen molar-refractivity contribution >= 4 is 5.91 Å². The number of carbonyl (C=O) groups excluding carboxylic acids is 1. The van der Waals surface area contributed by atoms with Crippen LogP contribution in [0.5, 0.6) is 5.75 Å². The van der Waals surface area contributed by atoms with Crippen LogP contribution in [-0.4, -0.2) is 80.1 Å². The lowest BCUT2D eigenvalue weighted by molar-refractivity contribution is -0.138. The first-order valence-electron chi connectivity index (χ1n) is 10.6. The lowest BCUT2D eigenvalue weighted by atomic mass is 9.86. The third-order valence-electron chi connectivity index (χ3n) is 5.84. The van der Waals surface area contributed by atoms with E-state index in [1.54, 1.807) is 7.11 Å². The van der Waals surface area contributed by atoms with E-state index in [4.69, 9.17) is 4.74 Å². The molecule has 1 amide bonds. The standard InChI is InChI=1S/C23H39N3O2/c1-17(2)22(20-9-11-21(28-7)12-10-20)23(27)25-15-18(3)26(19(4)16-25)14-8-13-24(5)6/h9-12,17-19,22H,8,13-16H2,1-7H3. The van der Waals surface area contributed by atoms with Crippen molar-refractivity contribution < 1.29 is 9.53 Å². The van der Waals surface area contributed by atoms with Gasteiger partial charge >= 0.3 is 0 Å². The highest BCUT2D eigenvalue weighted by atomic mass is 16.5. The summed E-state index contributed by atoms with van der Waals surface area (Å²) in [6.45, 7) is 12.6. The van der Waals surface area contributed by atoms with Crippen LogP contribution < -0.4 is 4.74 Å². The van der Waals surface area contributed by atoms with E-state index in [-0.39, 0.29) is 17.7 Å². The second kappa shape index (κ2) is 10.3. The predicted octanol–water partition coefficient (Wildman–Crippen LogP) is 3.31. The first-order valence-corrected chi connectivity index (χ1v) is 10.6. The Balaban J connectivity index is 2.07. The van der Waals surface area contributed by atoms with E-state index < -0.39 is 0 Å². The molecule has 1 aromatic carbocycles. The zero-order valence-corrected chi connectivity index (χ0v) is 18.8. The van der Waals surface area contributed by atoms with Crippen LogP contribution in [0.4, 0.5) is 0 Å². The zero-order valence-electron chi connectivity index (χ0n) is 18.8. The van der Waals surface area contributed by atoms with E-state index in [0.717, 1.165) is 43.9 Å². The van der Waals surface area contributed by atoms with Gasteiger partial charge in [0.15, 0.2) is 0 Å². The molecule has 158 valence electrons. The normalized spacial score (nSPS) is 22.0. The van der Waals surface area contributed by atoms with Crippen molar-refractivity contribution in [3.05, 3.63) is 29.8 Å². The minimum Gasteiger partial charge on any atom is -0.497 e. The molecule has 3 atom stereocenters. The molecule has 1 aliphatic heterocycles. The first kappa shape index (κ1) is 22.7. The summed E-state index contributed by atoms with van der Waals surface area (Å²) < 4.78 is 5.27. The number of piperazine rings is 1. The highest BCUT2D eigenvalue weighted by Gasteiger charge is 2.35. The Morgan fingerprint density at radius 3 is 2.18 bits per heavy atom. The van der Waals surface area contributed by atoms with Gasteiger partial charge in [0, 0.05) is 31.7 Å². The quantitative estimate of drug-likeness (QED) is 0.683. The summed E-state index contributed by atoms with van der Waals surface area (Å²) in [6, 6.07) is 8.74. The smallest absolute Gasteiger partial charge is 0.230 e. The third kappa shape index (κ3) is 5.71. The van der Waals surface area contributed by atoms with Gasteiger partial charge in [-0.15, -0.1) is 0 Å². The van der Waals surface area contributed by atoms with Gasteiger partial charge in [-0.1, -0.05) is 26.0 Å². The first-order chi connectivity index (χ1) is 13.2. The van der Waals surface area contributed by atoms with Crippen LogP contribution in [0.25, 0.3) is 0 Å². The van der Waals surface area contributed by atoms with Crippen LogP contribution >= 0.6 is 0 Å². The van der Waals surface area contributed by atoms with Crippen molar-refractivity contribution in [2.75, 3.05) is 47.4 Å². The number of benzene rings is 1.